The first-order valence-electron chi connectivity index (χ1n) is 9.72. The Morgan fingerprint density at radius 1 is 0.929 bits per heavy atom. The van der Waals surface area contributed by atoms with E-state index in [9.17, 15) is 0 Å². The Morgan fingerprint density at radius 2 is 1.71 bits per heavy atom. The molecule has 2 aliphatic rings. The van der Waals surface area contributed by atoms with Gasteiger partial charge in [0.2, 0.25) is 0 Å². The van der Waals surface area contributed by atoms with Gasteiger partial charge in [0.1, 0.15) is 5.71 Å². The summed E-state index contributed by atoms with van der Waals surface area (Å²) in [6.07, 6.45) is 6.80. The summed E-state index contributed by atoms with van der Waals surface area (Å²) in [7, 11) is 0. The smallest absolute Gasteiger partial charge is 0.137 e. The van der Waals surface area contributed by atoms with Crippen LogP contribution in [-0.2, 0) is 19.3 Å². The van der Waals surface area contributed by atoms with Crippen molar-refractivity contribution in [2.45, 2.75) is 32.1 Å². The van der Waals surface area contributed by atoms with Gasteiger partial charge in [0.05, 0.1) is 10.8 Å². The van der Waals surface area contributed by atoms with E-state index in [1.54, 1.807) is 6.20 Å². The number of aryl methyl sites for hydroxylation is 2. The molecule has 1 heterocycles. The van der Waals surface area contributed by atoms with Crippen molar-refractivity contribution in [3.05, 3.63) is 94.6 Å². The second-order valence-electron chi connectivity index (χ2n) is 7.76. The van der Waals surface area contributed by atoms with Gasteiger partial charge >= 0.3 is 0 Å². The number of hydrogen-bond acceptors (Lipinski definition) is 3. The first-order chi connectivity index (χ1) is 13.8. The van der Waals surface area contributed by atoms with Gasteiger partial charge in [0.25, 0.3) is 0 Å². The molecule has 2 aliphatic carbocycles. The number of rotatable bonds is 1. The molecule has 3 aromatic rings. The second kappa shape index (κ2) is 6.69. The third-order valence-electron chi connectivity index (χ3n) is 6.28. The summed E-state index contributed by atoms with van der Waals surface area (Å²) in [6, 6.07) is 19.1. The molecule has 4 heteroatoms. The summed E-state index contributed by atoms with van der Waals surface area (Å²) in [6.45, 7) is 7.43. The molecule has 1 aromatic heterocycles. The second-order valence-corrected chi connectivity index (χ2v) is 7.76. The van der Waals surface area contributed by atoms with Crippen molar-refractivity contribution in [2.75, 3.05) is 0 Å². The predicted molar refractivity (Wildman–Crippen MR) is 110 cm³/mol. The van der Waals surface area contributed by atoms with Crippen molar-refractivity contribution < 1.29 is 0 Å². The lowest BCUT2D eigenvalue weighted by Crippen LogP contribution is -2.29. The first-order valence-corrected chi connectivity index (χ1v) is 9.72. The van der Waals surface area contributed by atoms with E-state index in [1.807, 2.05) is 12.1 Å². The lowest BCUT2D eigenvalue weighted by atomic mass is 9.76. The fourth-order valence-electron chi connectivity index (χ4n) is 4.84. The number of fused-ring (bicyclic) bond motifs is 2. The van der Waals surface area contributed by atoms with Gasteiger partial charge in [0.15, 0.2) is 0 Å². The zero-order valence-corrected chi connectivity index (χ0v) is 15.6. The molecule has 28 heavy (non-hydrogen) atoms. The van der Waals surface area contributed by atoms with Gasteiger partial charge in [0, 0.05) is 22.7 Å². The van der Waals surface area contributed by atoms with E-state index in [2.05, 4.69) is 62.7 Å². The molecule has 136 valence electrons. The van der Waals surface area contributed by atoms with Crippen LogP contribution >= 0.6 is 0 Å². The minimum Gasteiger partial charge on any atom is -0.181 e. The SMILES string of the molecule is [C-]#[N+]N=C1c2cc(-c3cccnn3)ccc2CC12CCc1ccccc1CC2. The molecule has 0 amide bonds. The Bertz CT molecular complexity index is 1080. The molecule has 0 bridgehead atoms. The number of benzene rings is 2. The lowest BCUT2D eigenvalue weighted by Gasteiger charge is -2.26. The molecule has 0 saturated heterocycles. The summed E-state index contributed by atoms with van der Waals surface area (Å²) in [5.74, 6) is 0. The molecular formula is C24H20N4. The Balaban J connectivity index is 1.56. The van der Waals surface area contributed by atoms with Crippen LogP contribution < -0.4 is 0 Å². The van der Waals surface area contributed by atoms with Gasteiger partial charge in [-0.2, -0.15) is 16.8 Å². The average Bonchev–Trinajstić information content (AvgIpc) is 2.92. The van der Waals surface area contributed by atoms with Gasteiger partial charge < -0.3 is 0 Å². The molecule has 0 atom stereocenters. The minimum atomic E-state index is -0.0487. The number of aromatic nitrogens is 2. The molecule has 4 nitrogen and oxygen atoms in total. The highest BCUT2D eigenvalue weighted by atomic mass is 15.2. The Kier molecular flexibility index (Phi) is 4.02. The van der Waals surface area contributed by atoms with Gasteiger partial charge in [-0.3, -0.25) is 0 Å². The summed E-state index contributed by atoms with van der Waals surface area (Å²) in [4.78, 5) is 3.46. The monoisotopic (exact) mass is 364 g/mol. The van der Waals surface area contributed by atoms with E-state index in [0.717, 1.165) is 54.6 Å². The van der Waals surface area contributed by atoms with Gasteiger partial charge in [-0.25, -0.2) is 0 Å². The molecule has 1 spiro atoms. The zero-order valence-electron chi connectivity index (χ0n) is 15.6. The molecule has 0 saturated carbocycles. The third kappa shape index (κ3) is 2.71. The summed E-state index contributed by atoms with van der Waals surface area (Å²) < 4.78 is 0. The van der Waals surface area contributed by atoms with E-state index >= 15 is 0 Å². The van der Waals surface area contributed by atoms with E-state index < -0.39 is 0 Å². The lowest BCUT2D eigenvalue weighted by molar-refractivity contribution is 0.375. The number of nitrogens with zero attached hydrogens (tertiary/aromatic N) is 4. The predicted octanol–water partition coefficient (Wildman–Crippen LogP) is 4.89. The van der Waals surface area contributed by atoms with E-state index in [4.69, 9.17) is 6.57 Å². The van der Waals surface area contributed by atoms with Crippen molar-refractivity contribution in [2.24, 2.45) is 10.5 Å². The molecule has 0 aliphatic heterocycles. The Morgan fingerprint density at radius 3 is 2.39 bits per heavy atom. The van der Waals surface area contributed by atoms with E-state index in [1.165, 1.54) is 16.7 Å². The van der Waals surface area contributed by atoms with Gasteiger partial charge in [-0.1, -0.05) is 36.4 Å². The molecule has 0 unspecified atom stereocenters. The summed E-state index contributed by atoms with van der Waals surface area (Å²) in [5, 5.41) is 12.6. The highest BCUT2D eigenvalue weighted by Crippen LogP contribution is 2.47. The first kappa shape index (κ1) is 16.8. The zero-order chi connectivity index (χ0) is 19.0. The normalized spacial score (nSPS) is 18.3. The van der Waals surface area contributed by atoms with Crippen LogP contribution in [0.1, 0.15) is 35.1 Å². The number of hydrogen-bond donors (Lipinski definition) is 0. The molecule has 2 aromatic carbocycles. The van der Waals surface area contributed by atoms with Crippen molar-refractivity contribution >= 4 is 5.71 Å². The van der Waals surface area contributed by atoms with E-state index in [-0.39, 0.29) is 5.41 Å². The average molecular weight is 364 g/mol. The quantitative estimate of drug-likeness (QED) is 0.456. The Hall–Kier alpha value is -3.32. The highest BCUT2D eigenvalue weighted by Gasteiger charge is 2.45. The molecular weight excluding hydrogens is 344 g/mol. The molecule has 0 N–H and O–H groups in total. The maximum absolute atomic E-state index is 7.43. The van der Waals surface area contributed by atoms with Crippen LogP contribution in [0.2, 0.25) is 0 Å². The van der Waals surface area contributed by atoms with Crippen molar-refractivity contribution in [1.82, 2.24) is 10.2 Å². The van der Waals surface area contributed by atoms with E-state index in [0.29, 0.717) is 0 Å². The van der Waals surface area contributed by atoms with Gasteiger partial charge in [-0.05, 0) is 67.0 Å². The fourth-order valence-corrected chi connectivity index (χ4v) is 4.84. The van der Waals surface area contributed by atoms with Crippen LogP contribution in [0.15, 0.2) is 65.9 Å². The minimum absolute atomic E-state index is 0.0487. The molecule has 0 radical (unpaired) electrons. The molecule has 0 fully saturated rings. The molecule has 5 rings (SSSR count). The van der Waals surface area contributed by atoms with Gasteiger partial charge in [-0.15, -0.1) is 4.95 Å². The summed E-state index contributed by atoms with van der Waals surface area (Å²) >= 11 is 0. The topological polar surface area (TPSA) is 42.5 Å². The van der Waals surface area contributed by atoms with Crippen molar-refractivity contribution in [3.63, 3.8) is 0 Å². The highest BCUT2D eigenvalue weighted by molar-refractivity contribution is 6.09. The fraction of sp³-hybridized carbons (Fsp3) is 0.250. The van der Waals surface area contributed by atoms with Crippen LogP contribution in [-0.4, -0.2) is 15.9 Å². The van der Waals surface area contributed by atoms with Crippen LogP contribution in [0.5, 0.6) is 0 Å². The largest absolute Gasteiger partial charge is 0.181 e. The van der Waals surface area contributed by atoms with Crippen LogP contribution in [0.3, 0.4) is 0 Å². The van der Waals surface area contributed by atoms with Crippen molar-refractivity contribution in [3.8, 4) is 11.3 Å². The van der Waals surface area contributed by atoms with Crippen LogP contribution in [0.4, 0.5) is 0 Å². The van der Waals surface area contributed by atoms with Crippen molar-refractivity contribution in [1.29, 1.82) is 0 Å². The summed E-state index contributed by atoms with van der Waals surface area (Å²) in [5.41, 5.74) is 8.09. The third-order valence-corrected chi connectivity index (χ3v) is 6.28. The van der Waals surface area contributed by atoms with Crippen LogP contribution in [0.25, 0.3) is 16.2 Å². The van der Waals surface area contributed by atoms with Crippen LogP contribution in [0, 0.1) is 12.0 Å². The standard InChI is InChI=1S/C24H20N4/c1-25-28-23-21-15-19(22-7-4-14-26-27-22)8-9-20(21)16-24(23)12-10-17-5-2-3-6-18(17)11-13-24/h2-9,14-15H,10-13,16H2. The maximum Gasteiger partial charge on any atom is 0.137 e. The maximum atomic E-state index is 7.43. The Labute approximate surface area is 164 Å².